The van der Waals surface area contributed by atoms with Crippen LogP contribution in [0, 0.1) is 5.92 Å². The Kier molecular flexibility index (Phi) is 5.89. The van der Waals surface area contributed by atoms with Crippen LogP contribution in [0.5, 0.6) is 0 Å². The summed E-state index contributed by atoms with van der Waals surface area (Å²) >= 11 is 0. The van der Waals surface area contributed by atoms with Crippen LogP contribution < -0.4 is 5.32 Å². The number of amides is 1. The van der Waals surface area contributed by atoms with E-state index in [9.17, 15) is 9.59 Å². The number of likely N-dealkylation sites (tertiary alicyclic amines) is 1. The summed E-state index contributed by atoms with van der Waals surface area (Å²) < 4.78 is 10.4. The number of ether oxygens (including phenoxy) is 2. The minimum Gasteiger partial charge on any atom is -0.467 e. The Morgan fingerprint density at radius 2 is 1.96 bits per heavy atom. The molecule has 0 saturated carbocycles. The molecular formula is C17H30N2O4. The van der Waals surface area contributed by atoms with Gasteiger partial charge in [0.15, 0.2) is 0 Å². The van der Waals surface area contributed by atoms with Gasteiger partial charge in [0.2, 0.25) is 0 Å². The van der Waals surface area contributed by atoms with Crippen molar-refractivity contribution in [3.05, 3.63) is 0 Å². The van der Waals surface area contributed by atoms with Gasteiger partial charge in [0, 0.05) is 6.04 Å². The van der Waals surface area contributed by atoms with E-state index >= 15 is 0 Å². The first kappa shape index (κ1) is 18.0. The van der Waals surface area contributed by atoms with Crippen LogP contribution in [0.3, 0.4) is 0 Å². The molecule has 0 aliphatic carbocycles. The summed E-state index contributed by atoms with van der Waals surface area (Å²) in [5, 5.41) is 3.41. The Labute approximate surface area is 138 Å². The molecule has 6 heteroatoms. The average Bonchev–Trinajstić information content (AvgIpc) is 2.89. The molecule has 1 unspecified atom stereocenters. The van der Waals surface area contributed by atoms with Crippen LogP contribution in [0.25, 0.3) is 0 Å². The highest BCUT2D eigenvalue weighted by atomic mass is 16.6. The maximum Gasteiger partial charge on any atom is 0.411 e. The van der Waals surface area contributed by atoms with E-state index in [1.165, 1.54) is 20.0 Å². The van der Waals surface area contributed by atoms with Gasteiger partial charge in [-0.15, -0.1) is 0 Å². The molecule has 0 spiro atoms. The van der Waals surface area contributed by atoms with Crippen LogP contribution in [0.1, 0.15) is 52.9 Å². The molecule has 1 amide bonds. The van der Waals surface area contributed by atoms with Crippen molar-refractivity contribution in [2.24, 2.45) is 5.92 Å². The number of carbonyl (C=O) groups excluding carboxylic acids is 2. The molecule has 2 fully saturated rings. The topological polar surface area (TPSA) is 67.9 Å². The molecule has 2 rings (SSSR count). The molecule has 2 heterocycles. The molecule has 0 aromatic carbocycles. The van der Waals surface area contributed by atoms with Gasteiger partial charge in [-0.2, -0.15) is 0 Å². The molecule has 23 heavy (non-hydrogen) atoms. The van der Waals surface area contributed by atoms with E-state index in [1.807, 2.05) is 20.8 Å². The van der Waals surface area contributed by atoms with Gasteiger partial charge in [0.1, 0.15) is 11.6 Å². The summed E-state index contributed by atoms with van der Waals surface area (Å²) in [5.74, 6) is 0.204. The van der Waals surface area contributed by atoms with Crippen molar-refractivity contribution in [1.29, 1.82) is 0 Å². The van der Waals surface area contributed by atoms with Gasteiger partial charge in [-0.25, -0.2) is 9.59 Å². The Morgan fingerprint density at radius 1 is 1.22 bits per heavy atom. The number of rotatable bonds is 3. The molecule has 2 saturated heterocycles. The lowest BCUT2D eigenvalue weighted by molar-refractivity contribution is -0.146. The molecule has 1 N–H and O–H groups in total. The van der Waals surface area contributed by atoms with Crippen molar-refractivity contribution >= 4 is 12.1 Å². The minimum absolute atomic E-state index is 0.0545. The number of carbonyl (C=O) groups is 2. The van der Waals surface area contributed by atoms with Crippen molar-refractivity contribution in [3.8, 4) is 0 Å². The van der Waals surface area contributed by atoms with Crippen molar-refractivity contribution in [3.63, 3.8) is 0 Å². The SMILES string of the molecule is COC(=O)[C@H]1CC[C@@H](CC2CCCNC2)N1C(=O)OC(C)(C)C. The van der Waals surface area contributed by atoms with E-state index in [1.54, 1.807) is 4.90 Å². The zero-order chi connectivity index (χ0) is 17.0. The van der Waals surface area contributed by atoms with Gasteiger partial charge in [-0.1, -0.05) is 0 Å². The molecule has 2 aliphatic heterocycles. The lowest BCUT2D eigenvalue weighted by Gasteiger charge is -2.34. The fraction of sp³-hybridized carbons (Fsp3) is 0.882. The number of methoxy groups -OCH3 is 1. The van der Waals surface area contributed by atoms with E-state index in [0.29, 0.717) is 12.3 Å². The maximum atomic E-state index is 12.6. The average molecular weight is 326 g/mol. The largest absolute Gasteiger partial charge is 0.467 e. The first-order valence-electron chi connectivity index (χ1n) is 8.61. The van der Waals surface area contributed by atoms with E-state index in [-0.39, 0.29) is 12.0 Å². The highest BCUT2D eigenvalue weighted by Gasteiger charge is 2.44. The van der Waals surface area contributed by atoms with Gasteiger partial charge in [0.05, 0.1) is 7.11 Å². The summed E-state index contributed by atoms with van der Waals surface area (Å²) in [5.41, 5.74) is -0.572. The monoisotopic (exact) mass is 326 g/mol. The summed E-state index contributed by atoms with van der Waals surface area (Å²) in [6.45, 7) is 7.58. The molecule has 132 valence electrons. The van der Waals surface area contributed by atoms with Crippen LogP contribution in [0.2, 0.25) is 0 Å². The predicted molar refractivity (Wildman–Crippen MR) is 87.1 cm³/mol. The summed E-state index contributed by atoms with van der Waals surface area (Å²) in [4.78, 5) is 26.3. The minimum atomic E-state index is -0.572. The first-order valence-corrected chi connectivity index (χ1v) is 8.61. The van der Waals surface area contributed by atoms with Crippen LogP contribution in [-0.2, 0) is 14.3 Å². The molecular weight excluding hydrogens is 296 g/mol. The second-order valence-electron chi connectivity index (χ2n) is 7.61. The van der Waals surface area contributed by atoms with Crippen LogP contribution in [-0.4, -0.2) is 54.8 Å². The zero-order valence-corrected chi connectivity index (χ0v) is 14.8. The van der Waals surface area contributed by atoms with Crippen LogP contribution in [0.4, 0.5) is 4.79 Å². The summed E-state index contributed by atoms with van der Waals surface area (Å²) in [6, 6.07) is -0.463. The number of piperidine rings is 1. The van der Waals surface area contributed by atoms with E-state index in [0.717, 1.165) is 25.9 Å². The van der Waals surface area contributed by atoms with E-state index in [4.69, 9.17) is 9.47 Å². The molecule has 6 nitrogen and oxygen atoms in total. The van der Waals surface area contributed by atoms with E-state index < -0.39 is 17.7 Å². The zero-order valence-electron chi connectivity index (χ0n) is 14.8. The summed E-state index contributed by atoms with van der Waals surface area (Å²) in [6.07, 6.45) is 4.34. The predicted octanol–water partition coefficient (Wildman–Crippen LogP) is 2.32. The third kappa shape index (κ3) is 4.83. The van der Waals surface area contributed by atoms with Gasteiger partial charge in [-0.05, 0) is 71.9 Å². The molecule has 0 aromatic heterocycles. The lowest BCUT2D eigenvalue weighted by Crippen LogP contribution is -2.48. The second kappa shape index (κ2) is 7.51. The fourth-order valence-corrected chi connectivity index (χ4v) is 3.58. The van der Waals surface area contributed by atoms with Crippen molar-refractivity contribution < 1.29 is 19.1 Å². The number of hydrogen-bond acceptors (Lipinski definition) is 5. The van der Waals surface area contributed by atoms with Gasteiger partial charge < -0.3 is 14.8 Å². The lowest BCUT2D eigenvalue weighted by atomic mass is 9.91. The normalized spacial score (nSPS) is 28.5. The Balaban J connectivity index is 2.09. The number of esters is 1. The molecule has 3 atom stereocenters. The summed E-state index contributed by atoms with van der Waals surface area (Å²) in [7, 11) is 1.37. The quantitative estimate of drug-likeness (QED) is 0.806. The number of nitrogens with one attached hydrogen (secondary N) is 1. The molecule has 0 aromatic rings. The van der Waals surface area contributed by atoms with Crippen molar-refractivity contribution in [2.45, 2.75) is 70.6 Å². The Morgan fingerprint density at radius 3 is 2.52 bits per heavy atom. The van der Waals surface area contributed by atoms with Crippen molar-refractivity contribution in [1.82, 2.24) is 10.2 Å². The molecule has 0 bridgehead atoms. The Hall–Kier alpha value is -1.30. The van der Waals surface area contributed by atoms with Gasteiger partial charge >= 0.3 is 12.1 Å². The second-order valence-corrected chi connectivity index (χ2v) is 7.61. The first-order chi connectivity index (χ1) is 10.8. The third-order valence-corrected chi connectivity index (χ3v) is 4.58. The molecule has 2 aliphatic rings. The maximum absolute atomic E-state index is 12.6. The number of hydrogen-bond donors (Lipinski definition) is 1. The van der Waals surface area contributed by atoms with Crippen LogP contribution >= 0.6 is 0 Å². The van der Waals surface area contributed by atoms with Crippen LogP contribution in [0.15, 0.2) is 0 Å². The van der Waals surface area contributed by atoms with Gasteiger partial charge in [-0.3, -0.25) is 4.90 Å². The molecule has 0 radical (unpaired) electrons. The highest BCUT2D eigenvalue weighted by Crippen LogP contribution is 2.32. The fourth-order valence-electron chi connectivity index (χ4n) is 3.58. The third-order valence-electron chi connectivity index (χ3n) is 4.58. The standard InChI is InChI=1S/C17H30N2O4/c1-17(2,3)23-16(21)19-13(7-8-14(19)15(20)22-4)10-12-6-5-9-18-11-12/h12-14,18H,5-11H2,1-4H3/t12?,13-,14+/m0/s1. The van der Waals surface area contributed by atoms with Crippen molar-refractivity contribution in [2.75, 3.05) is 20.2 Å². The van der Waals surface area contributed by atoms with Gasteiger partial charge in [0.25, 0.3) is 0 Å². The Bertz CT molecular complexity index is 427. The highest BCUT2D eigenvalue weighted by molar-refractivity contribution is 5.82. The number of nitrogens with zero attached hydrogens (tertiary/aromatic N) is 1. The van der Waals surface area contributed by atoms with E-state index in [2.05, 4.69) is 5.32 Å². The smallest absolute Gasteiger partial charge is 0.411 e.